The van der Waals surface area contributed by atoms with E-state index in [9.17, 15) is 4.79 Å². The molecule has 0 aliphatic carbocycles. The van der Waals surface area contributed by atoms with Gasteiger partial charge in [-0.3, -0.25) is 4.79 Å². The number of ketones is 1. The second-order valence-corrected chi connectivity index (χ2v) is 1.53. The summed E-state index contributed by atoms with van der Waals surface area (Å²) in [6.45, 7) is 0.675. The van der Waals surface area contributed by atoms with Gasteiger partial charge in [0.25, 0.3) is 0 Å². The van der Waals surface area contributed by atoms with Crippen LogP contribution in [0.1, 0.15) is 6.42 Å². The molecular weight excluding hydrogens is 108 g/mol. The number of rotatable bonds is 0. The zero-order valence-electron chi connectivity index (χ0n) is 4.42. The van der Waals surface area contributed by atoms with E-state index in [1.807, 2.05) is 0 Å². The summed E-state index contributed by atoms with van der Waals surface area (Å²) in [7, 11) is 0. The first-order valence-corrected chi connectivity index (χ1v) is 2.50. The number of hydrogen-bond donors (Lipinski definition) is 0. The maximum Gasteiger partial charge on any atom is 0.141 e. The van der Waals surface area contributed by atoms with Crippen LogP contribution in [0.2, 0.25) is 0 Å². The fourth-order valence-corrected chi connectivity index (χ4v) is 0.478. The minimum Gasteiger partial charge on any atom is -0.299 e. The Bertz CT molecular complexity index is 79.7. The van der Waals surface area contributed by atoms with Crippen LogP contribution < -0.4 is 0 Å². The number of carbonyl (C=O) groups excluding carboxylic acids is 1. The van der Waals surface area contributed by atoms with Crippen molar-refractivity contribution < 1.29 is 14.6 Å². The second-order valence-electron chi connectivity index (χ2n) is 1.53. The summed E-state index contributed by atoms with van der Waals surface area (Å²) >= 11 is 0. The molecule has 1 aliphatic rings. The van der Waals surface area contributed by atoms with Gasteiger partial charge in [0.05, 0.1) is 19.6 Å². The van der Waals surface area contributed by atoms with Crippen LogP contribution >= 0.6 is 0 Å². The molecule has 0 aromatic heterocycles. The molecule has 0 spiro atoms. The van der Waals surface area contributed by atoms with Gasteiger partial charge in [-0.25, -0.2) is 9.78 Å². The predicted molar refractivity (Wildman–Crippen MR) is 25.8 cm³/mol. The van der Waals surface area contributed by atoms with Gasteiger partial charge >= 0.3 is 0 Å². The maximum absolute atomic E-state index is 10.5. The highest BCUT2D eigenvalue weighted by Gasteiger charge is 2.06. The third-order valence-electron chi connectivity index (χ3n) is 0.894. The summed E-state index contributed by atoms with van der Waals surface area (Å²) in [5.41, 5.74) is 0. The lowest BCUT2D eigenvalue weighted by Crippen LogP contribution is -1.98. The Hall–Kier alpha value is -0.410. The summed E-state index contributed by atoms with van der Waals surface area (Å²) < 4.78 is 0. The summed E-state index contributed by atoms with van der Waals surface area (Å²) in [5.74, 6) is 0.0995. The van der Waals surface area contributed by atoms with Crippen LogP contribution in [0.4, 0.5) is 0 Å². The molecule has 8 heavy (non-hydrogen) atoms. The predicted octanol–water partition coefficient (Wildman–Crippen LogP) is 0.112. The zero-order chi connectivity index (χ0) is 5.82. The fraction of sp³-hybridized carbons (Fsp3) is 0.600. The molecule has 0 aromatic rings. The third kappa shape index (κ3) is 1.60. The molecule has 1 aliphatic heterocycles. The molecule has 1 rings (SSSR count). The van der Waals surface area contributed by atoms with E-state index < -0.39 is 0 Å². The highest BCUT2D eigenvalue weighted by atomic mass is 17.2. The van der Waals surface area contributed by atoms with Crippen molar-refractivity contribution in [3.05, 3.63) is 6.42 Å². The van der Waals surface area contributed by atoms with Crippen LogP contribution in [0.15, 0.2) is 0 Å². The Morgan fingerprint density at radius 1 is 1.50 bits per heavy atom. The van der Waals surface area contributed by atoms with E-state index >= 15 is 0 Å². The van der Waals surface area contributed by atoms with E-state index in [0.29, 0.717) is 19.6 Å². The van der Waals surface area contributed by atoms with E-state index in [4.69, 9.17) is 0 Å². The first kappa shape index (κ1) is 5.72. The van der Waals surface area contributed by atoms with Crippen molar-refractivity contribution in [2.75, 3.05) is 13.2 Å². The first-order valence-electron chi connectivity index (χ1n) is 2.50. The summed E-state index contributed by atoms with van der Waals surface area (Å²) in [6.07, 6.45) is 1.92. The van der Waals surface area contributed by atoms with E-state index in [0.717, 1.165) is 0 Å². The van der Waals surface area contributed by atoms with Crippen molar-refractivity contribution in [2.24, 2.45) is 0 Å². The van der Waals surface area contributed by atoms with Crippen molar-refractivity contribution in [3.8, 4) is 0 Å². The standard InChI is InChI=1S/C5H7O3/c6-5-1-3-7-8-4-2-5/h1H,2-4H2. The molecule has 1 radical (unpaired) electrons. The SMILES string of the molecule is O=C1[CH]COOCC1. The molecular formula is C5H7O3. The normalized spacial score (nSPS) is 22.8. The summed E-state index contributed by atoms with van der Waals surface area (Å²) in [5, 5.41) is 0. The molecule has 0 bridgehead atoms. The van der Waals surface area contributed by atoms with Gasteiger partial charge in [0.15, 0.2) is 0 Å². The van der Waals surface area contributed by atoms with Crippen molar-refractivity contribution in [3.63, 3.8) is 0 Å². The van der Waals surface area contributed by atoms with Gasteiger partial charge in [-0.15, -0.1) is 0 Å². The number of carbonyl (C=O) groups is 1. The van der Waals surface area contributed by atoms with Crippen LogP contribution in [0.3, 0.4) is 0 Å². The Balaban J connectivity index is 2.27. The van der Waals surface area contributed by atoms with Crippen LogP contribution in [0.5, 0.6) is 0 Å². The molecule has 0 unspecified atom stereocenters. The highest BCUT2D eigenvalue weighted by Crippen LogP contribution is 1.96. The largest absolute Gasteiger partial charge is 0.299 e. The molecule has 45 valence electrons. The lowest BCUT2D eigenvalue weighted by Gasteiger charge is -1.91. The Labute approximate surface area is 47.5 Å². The lowest BCUT2D eigenvalue weighted by molar-refractivity contribution is -0.283. The number of hydrogen-bond acceptors (Lipinski definition) is 3. The molecule has 1 heterocycles. The van der Waals surface area contributed by atoms with Gasteiger partial charge in [-0.05, 0) is 0 Å². The minimum absolute atomic E-state index is 0.0995. The van der Waals surface area contributed by atoms with Crippen LogP contribution in [-0.2, 0) is 14.6 Å². The summed E-state index contributed by atoms with van der Waals surface area (Å²) in [4.78, 5) is 19.5. The molecule has 0 N–H and O–H groups in total. The van der Waals surface area contributed by atoms with Gasteiger partial charge in [-0.2, -0.15) is 0 Å². The van der Waals surface area contributed by atoms with Gasteiger partial charge < -0.3 is 0 Å². The molecule has 1 saturated heterocycles. The fourth-order valence-electron chi connectivity index (χ4n) is 0.478. The van der Waals surface area contributed by atoms with Gasteiger partial charge in [-0.1, -0.05) is 0 Å². The Morgan fingerprint density at radius 3 is 3.25 bits per heavy atom. The topological polar surface area (TPSA) is 35.5 Å². The Morgan fingerprint density at radius 2 is 2.38 bits per heavy atom. The molecule has 0 saturated carbocycles. The van der Waals surface area contributed by atoms with Crippen molar-refractivity contribution >= 4 is 5.78 Å². The first-order chi connectivity index (χ1) is 3.89. The van der Waals surface area contributed by atoms with Gasteiger partial charge in [0.2, 0.25) is 0 Å². The average molecular weight is 115 g/mol. The summed E-state index contributed by atoms with van der Waals surface area (Å²) in [6, 6.07) is 0. The van der Waals surface area contributed by atoms with Gasteiger partial charge in [0.1, 0.15) is 5.78 Å². The molecule has 0 amide bonds. The molecule has 3 nitrogen and oxygen atoms in total. The minimum atomic E-state index is 0.0995. The number of Topliss-reactive ketones (excluding diaryl/α,β-unsaturated/α-hetero) is 1. The van der Waals surface area contributed by atoms with Crippen molar-refractivity contribution in [1.82, 2.24) is 0 Å². The van der Waals surface area contributed by atoms with Gasteiger partial charge in [0, 0.05) is 6.42 Å². The second kappa shape index (κ2) is 2.79. The maximum atomic E-state index is 10.5. The third-order valence-corrected chi connectivity index (χ3v) is 0.894. The average Bonchev–Trinajstić information content (AvgIpc) is 1.94. The quantitative estimate of drug-likeness (QED) is 0.420. The lowest BCUT2D eigenvalue weighted by atomic mass is 10.2. The van der Waals surface area contributed by atoms with Crippen LogP contribution in [-0.4, -0.2) is 19.0 Å². The zero-order valence-corrected chi connectivity index (χ0v) is 4.42. The molecule has 3 heteroatoms. The molecule has 1 fully saturated rings. The monoisotopic (exact) mass is 115 g/mol. The molecule has 0 aromatic carbocycles. The smallest absolute Gasteiger partial charge is 0.141 e. The van der Waals surface area contributed by atoms with Crippen LogP contribution in [0.25, 0.3) is 0 Å². The Kier molecular flexibility index (Phi) is 2.00. The van der Waals surface area contributed by atoms with E-state index in [-0.39, 0.29) is 5.78 Å². The van der Waals surface area contributed by atoms with Crippen molar-refractivity contribution in [2.45, 2.75) is 6.42 Å². The van der Waals surface area contributed by atoms with E-state index in [2.05, 4.69) is 9.78 Å². The van der Waals surface area contributed by atoms with Crippen LogP contribution in [0, 0.1) is 6.42 Å². The molecule has 0 atom stereocenters. The van der Waals surface area contributed by atoms with E-state index in [1.54, 1.807) is 0 Å². The van der Waals surface area contributed by atoms with E-state index in [1.165, 1.54) is 6.42 Å². The highest BCUT2D eigenvalue weighted by molar-refractivity contribution is 5.87. The van der Waals surface area contributed by atoms with Crippen molar-refractivity contribution in [1.29, 1.82) is 0 Å².